The lowest BCUT2D eigenvalue weighted by atomic mass is 9.99. The molecular weight excluding hydrogens is 284 g/mol. The first-order valence-electron chi connectivity index (χ1n) is 7.06. The summed E-state index contributed by atoms with van der Waals surface area (Å²) in [6.45, 7) is 2.00. The Kier molecular flexibility index (Phi) is 4.91. The van der Waals surface area contributed by atoms with E-state index in [1.54, 1.807) is 4.68 Å². The molecule has 0 aliphatic rings. The van der Waals surface area contributed by atoms with Gasteiger partial charge in [-0.2, -0.15) is 5.10 Å². The second-order valence-electron chi connectivity index (χ2n) is 5.51. The van der Waals surface area contributed by atoms with Gasteiger partial charge < -0.3 is 10.2 Å². The van der Waals surface area contributed by atoms with Crippen LogP contribution in [-0.4, -0.2) is 30.9 Å². The number of hydrogen-bond acceptors (Lipinski definition) is 3. The predicted octanol–water partition coefficient (Wildman–Crippen LogP) is 2.95. The second kappa shape index (κ2) is 6.50. The molecule has 0 aliphatic carbocycles. The maximum atomic E-state index is 6.35. The van der Waals surface area contributed by atoms with Gasteiger partial charge in [0.15, 0.2) is 0 Å². The van der Waals surface area contributed by atoms with Crippen LogP contribution in [0, 0.1) is 6.92 Å². The molecule has 0 aliphatic heterocycles. The Morgan fingerprint density at radius 1 is 1.38 bits per heavy atom. The van der Waals surface area contributed by atoms with Gasteiger partial charge in [-0.3, -0.25) is 4.68 Å². The molecule has 5 heteroatoms. The van der Waals surface area contributed by atoms with Gasteiger partial charge in [0.05, 0.1) is 5.69 Å². The van der Waals surface area contributed by atoms with Gasteiger partial charge in [0, 0.05) is 38.4 Å². The SMILES string of the molecule is CNC(Cc1c(C)nn(C)c1Cl)c1cccc(N(C)C)c1. The molecule has 1 aromatic heterocycles. The van der Waals surface area contributed by atoms with E-state index in [1.807, 2.05) is 21.0 Å². The summed E-state index contributed by atoms with van der Waals surface area (Å²) < 4.78 is 1.73. The maximum Gasteiger partial charge on any atom is 0.130 e. The van der Waals surface area contributed by atoms with Crippen LogP contribution in [0.4, 0.5) is 5.69 Å². The molecule has 0 amide bonds. The Balaban J connectivity index is 2.30. The zero-order chi connectivity index (χ0) is 15.6. The van der Waals surface area contributed by atoms with Crippen molar-refractivity contribution in [1.29, 1.82) is 0 Å². The van der Waals surface area contributed by atoms with E-state index < -0.39 is 0 Å². The van der Waals surface area contributed by atoms with Crippen LogP contribution in [0.1, 0.15) is 22.9 Å². The third-order valence-corrected chi connectivity index (χ3v) is 4.29. The van der Waals surface area contributed by atoms with E-state index in [0.29, 0.717) is 0 Å². The molecule has 1 N–H and O–H groups in total. The number of nitrogens with zero attached hydrogens (tertiary/aromatic N) is 3. The van der Waals surface area contributed by atoms with Crippen LogP contribution in [0.2, 0.25) is 5.15 Å². The minimum Gasteiger partial charge on any atom is -0.378 e. The van der Waals surface area contributed by atoms with E-state index in [4.69, 9.17) is 11.6 Å². The highest BCUT2D eigenvalue weighted by molar-refractivity contribution is 6.30. The zero-order valence-electron chi connectivity index (χ0n) is 13.3. The molecular formula is C16H23ClN4. The molecule has 1 atom stereocenters. The molecule has 1 heterocycles. The van der Waals surface area contributed by atoms with E-state index in [0.717, 1.165) is 22.8 Å². The first-order chi connectivity index (χ1) is 9.93. The van der Waals surface area contributed by atoms with Crippen molar-refractivity contribution in [2.75, 3.05) is 26.0 Å². The van der Waals surface area contributed by atoms with E-state index in [9.17, 15) is 0 Å². The summed E-state index contributed by atoms with van der Waals surface area (Å²) in [5.41, 5.74) is 4.55. The number of halogens is 1. The van der Waals surface area contributed by atoms with Crippen LogP contribution in [0.15, 0.2) is 24.3 Å². The quantitative estimate of drug-likeness (QED) is 0.922. The van der Waals surface area contributed by atoms with Gasteiger partial charge in [-0.05, 0) is 38.1 Å². The molecule has 0 saturated carbocycles. The van der Waals surface area contributed by atoms with E-state index in [1.165, 1.54) is 11.3 Å². The van der Waals surface area contributed by atoms with Gasteiger partial charge in [0.1, 0.15) is 5.15 Å². The van der Waals surface area contributed by atoms with Gasteiger partial charge >= 0.3 is 0 Å². The maximum absolute atomic E-state index is 6.35. The number of hydrogen-bond donors (Lipinski definition) is 1. The van der Waals surface area contributed by atoms with Crippen molar-refractivity contribution in [2.24, 2.45) is 7.05 Å². The Morgan fingerprint density at radius 3 is 2.62 bits per heavy atom. The minimum atomic E-state index is 0.213. The smallest absolute Gasteiger partial charge is 0.130 e. The topological polar surface area (TPSA) is 33.1 Å². The second-order valence-corrected chi connectivity index (χ2v) is 5.87. The molecule has 0 fully saturated rings. The summed E-state index contributed by atoms with van der Waals surface area (Å²) in [4.78, 5) is 2.11. The molecule has 2 aromatic rings. The first-order valence-corrected chi connectivity index (χ1v) is 7.44. The van der Waals surface area contributed by atoms with Crippen LogP contribution in [-0.2, 0) is 13.5 Å². The Labute approximate surface area is 131 Å². The molecule has 21 heavy (non-hydrogen) atoms. The largest absolute Gasteiger partial charge is 0.378 e. The minimum absolute atomic E-state index is 0.213. The molecule has 1 aromatic carbocycles. The molecule has 0 radical (unpaired) electrons. The van der Waals surface area contributed by atoms with E-state index in [2.05, 4.69) is 53.7 Å². The van der Waals surface area contributed by atoms with Crippen molar-refractivity contribution < 1.29 is 0 Å². The molecule has 114 valence electrons. The molecule has 2 rings (SSSR count). The fourth-order valence-electron chi connectivity index (χ4n) is 2.52. The summed E-state index contributed by atoms with van der Waals surface area (Å²) in [5, 5.41) is 8.49. The van der Waals surface area contributed by atoms with Crippen LogP contribution < -0.4 is 10.2 Å². The van der Waals surface area contributed by atoms with Crippen molar-refractivity contribution in [2.45, 2.75) is 19.4 Å². The number of anilines is 1. The Morgan fingerprint density at radius 2 is 2.10 bits per heavy atom. The fraction of sp³-hybridized carbons (Fsp3) is 0.438. The lowest BCUT2D eigenvalue weighted by Gasteiger charge is -2.20. The van der Waals surface area contributed by atoms with Crippen LogP contribution in [0.3, 0.4) is 0 Å². The van der Waals surface area contributed by atoms with Gasteiger partial charge in [-0.1, -0.05) is 23.7 Å². The van der Waals surface area contributed by atoms with Crippen molar-refractivity contribution in [3.05, 3.63) is 46.2 Å². The molecule has 4 nitrogen and oxygen atoms in total. The van der Waals surface area contributed by atoms with Gasteiger partial charge in [0.2, 0.25) is 0 Å². The lowest BCUT2D eigenvalue weighted by Crippen LogP contribution is -2.20. The standard InChI is InChI=1S/C16H23ClN4/c1-11-14(16(17)21(5)19-11)10-15(18-2)12-7-6-8-13(9-12)20(3)4/h6-9,15,18H,10H2,1-5H3. The molecule has 0 saturated heterocycles. The Bertz CT molecular complexity index is 619. The predicted molar refractivity (Wildman–Crippen MR) is 89.2 cm³/mol. The highest BCUT2D eigenvalue weighted by atomic mass is 35.5. The summed E-state index contributed by atoms with van der Waals surface area (Å²) in [5.74, 6) is 0. The number of benzene rings is 1. The number of likely N-dealkylation sites (N-methyl/N-ethyl adjacent to an activating group) is 1. The lowest BCUT2D eigenvalue weighted by molar-refractivity contribution is 0.590. The third-order valence-electron chi connectivity index (χ3n) is 3.82. The Hall–Kier alpha value is -1.52. The summed E-state index contributed by atoms with van der Waals surface area (Å²) in [6.07, 6.45) is 0.825. The zero-order valence-corrected chi connectivity index (χ0v) is 14.1. The highest BCUT2D eigenvalue weighted by Gasteiger charge is 2.17. The number of aryl methyl sites for hydroxylation is 2. The van der Waals surface area contributed by atoms with E-state index >= 15 is 0 Å². The number of rotatable bonds is 5. The van der Waals surface area contributed by atoms with E-state index in [-0.39, 0.29) is 6.04 Å². The summed E-state index contributed by atoms with van der Waals surface area (Å²) in [6, 6.07) is 8.77. The van der Waals surface area contributed by atoms with Gasteiger partial charge in [0.25, 0.3) is 0 Å². The third kappa shape index (κ3) is 3.39. The van der Waals surface area contributed by atoms with Crippen LogP contribution >= 0.6 is 11.6 Å². The average Bonchev–Trinajstić information content (AvgIpc) is 2.70. The summed E-state index contributed by atoms with van der Waals surface area (Å²) in [7, 11) is 7.96. The monoisotopic (exact) mass is 306 g/mol. The van der Waals surface area contributed by atoms with Crippen molar-refractivity contribution in [1.82, 2.24) is 15.1 Å². The first kappa shape index (κ1) is 15.9. The highest BCUT2D eigenvalue weighted by Crippen LogP contribution is 2.27. The van der Waals surface area contributed by atoms with Crippen LogP contribution in [0.5, 0.6) is 0 Å². The van der Waals surface area contributed by atoms with Gasteiger partial charge in [-0.15, -0.1) is 0 Å². The van der Waals surface area contributed by atoms with Crippen LogP contribution in [0.25, 0.3) is 0 Å². The fourth-order valence-corrected chi connectivity index (χ4v) is 2.77. The van der Waals surface area contributed by atoms with Crippen molar-refractivity contribution >= 4 is 17.3 Å². The number of nitrogens with one attached hydrogen (secondary N) is 1. The normalized spacial score (nSPS) is 12.5. The number of aromatic nitrogens is 2. The van der Waals surface area contributed by atoms with Gasteiger partial charge in [-0.25, -0.2) is 0 Å². The molecule has 1 unspecified atom stereocenters. The van der Waals surface area contributed by atoms with Crippen molar-refractivity contribution in [3.8, 4) is 0 Å². The molecule has 0 bridgehead atoms. The molecule has 0 spiro atoms. The van der Waals surface area contributed by atoms with Crippen molar-refractivity contribution in [3.63, 3.8) is 0 Å². The summed E-state index contributed by atoms with van der Waals surface area (Å²) >= 11 is 6.35. The average molecular weight is 307 g/mol.